The first-order chi connectivity index (χ1) is 19.8. The molecule has 1 heterocycles. The number of aliphatic hydroxyl groups is 1. The number of phenols is 1. The first-order valence-electron chi connectivity index (χ1n) is 14.7. The molecule has 2 aromatic rings. The van der Waals surface area contributed by atoms with Crippen LogP contribution in [0.1, 0.15) is 58.3 Å². The van der Waals surface area contributed by atoms with Crippen molar-refractivity contribution in [2.24, 2.45) is 5.92 Å². The lowest BCUT2D eigenvalue weighted by Gasteiger charge is -2.31. The average Bonchev–Trinajstić information content (AvgIpc) is 2.97. The molecule has 0 bridgehead atoms. The molecule has 1 aliphatic heterocycles. The van der Waals surface area contributed by atoms with E-state index in [4.69, 9.17) is 4.74 Å². The summed E-state index contributed by atoms with van der Waals surface area (Å²) in [5, 5.41) is 28.3. The lowest BCUT2D eigenvalue weighted by Crippen LogP contribution is -2.42. The van der Waals surface area contributed by atoms with Crippen LogP contribution in [0.5, 0.6) is 11.5 Å². The minimum absolute atomic E-state index is 0.132. The van der Waals surface area contributed by atoms with Crippen molar-refractivity contribution in [1.29, 1.82) is 0 Å². The molecule has 0 aromatic heterocycles. The second-order valence-corrected chi connectivity index (χ2v) is 12.6. The fourth-order valence-electron chi connectivity index (χ4n) is 4.74. The second-order valence-electron chi connectivity index (χ2n) is 10.6. The zero-order valence-corrected chi connectivity index (χ0v) is 24.9. The van der Waals surface area contributed by atoms with Crippen LogP contribution in [0.15, 0.2) is 53.4 Å². The summed E-state index contributed by atoms with van der Waals surface area (Å²) >= 11 is 0. The third-order valence-corrected chi connectivity index (χ3v) is 9.14. The second kappa shape index (κ2) is 17.2. The van der Waals surface area contributed by atoms with Crippen LogP contribution in [0.2, 0.25) is 0 Å². The molecule has 1 atom stereocenters. The summed E-state index contributed by atoms with van der Waals surface area (Å²) in [6, 6.07) is 12.3. The maximum Gasteiger partial charge on any atom is 0.319 e. The number of urea groups is 1. The number of ether oxygens (including phenoxy) is 1. The molecular weight excluding hydrogens is 544 g/mol. The smallest absolute Gasteiger partial charge is 0.319 e. The monoisotopic (exact) mass is 590 g/mol. The van der Waals surface area contributed by atoms with Gasteiger partial charge >= 0.3 is 6.03 Å². The largest absolute Gasteiger partial charge is 0.508 e. The van der Waals surface area contributed by atoms with Gasteiger partial charge < -0.3 is 30.9 Å². The van der Waals surface area contributed by atoms with Gasteiger partial charge in [0.2, 0.25) is 10.0 Å². The molecule has 3 rings (SSSR count). The molecule has 228 valence electrons. The van der Waals surface area contributed by atoms with Crippen LogP contribution in [-0.2, 0) is 10.0 Å². The number of rotatable bonds is 17. The predicted molar refractivity (Wildman–Crippen MR) is 161 cm³/mol. The van der Waals surface area contributed by atoms with E-state index >= 15 is 0 Å². The Morgan fingerprint density at radius 3 is 2.34 bits per heavy atom. The van der Waals surface area contributed by atoms with Crippen molar-refractivity contribution in [3.05, 3.63) is 48.5 Å². The highest BCUT2D eigenvalue weighted by Gasteiger charge is 2.29. The van der Waals surface area contributed by atoms with Crippen molar-refractivity contribution >= 4 is 21.7 Å². The summed E-state index contributed by atoms with van der Waals surface area (Å²) in [5.74, 6) is 1.04. The van der Waals surface area contributed by atoms with Gasteiger partial charge in [0, 0.05) is 31.9 Å². The molecule has 2 amide bonds. The Morgan fingerprint density at radius 2 is 1.66 bits per heavy atom. The van der Waals surface area contributed by atoms with Crippen molar-refractivity contribution in [1.82, 2.24) is 14.9 Å². The minimum atomic E-state index is -3.62. The number of amides is 2. The van der Waals surface area contributed by atoms with E-state index in [0.29, 0.717) is 50.1 Å². The molecule has 10 nitrogen and oxygen atoms in total. The van der Waals surface area contributed by atoms with Gasteiger partial charge in [-0.1, -0.05) is 39.0 Å². The van der Waals surface area contributed by atoms with E-state index in [1.165, 1.54) is 54.3 Å². The van der Waals surface area contributed by atoms with Crippen LogP contribution < -0.4 is 20.7 Å². The van der Waals surface area contributed by atoms with E-state index in [1.807, 2.05) is 0 Å². The van der Waals surface area contributed by atoms with E-state index in [1.54, 1.807) is 24.3 Å². The summed E-state index contributed by atoms with van der Waals surface area (Å²) in [4.78, 5) is 12.4. The summed E-state index contributed by atoms with van der Waals surface area (Å²) in [6.07, 6.45) is 7.70. The van der Waals surface area contributed by atoms with Crippen LogP contribution in [0.4, 0.5) is 10.5 Å². The number of benzene rings is 2. The highest BCUT2D eigenvalue weighted by atomic mass is 32.2. The summed E-state index contributed by atoms with van der Waals surface area (Å²) < 4.78 is 33.3. The number of nitrogens with zero attached hydrogens (tertiary/aromatic N) is 1. The van der Waals surface area contributed by atoms with Crippen molar-refractivity contribution in [3.63, 3.8) is 0 Å². The van der Waals surface area contributed by atoms with E-state index < -0.39 is 16.1 Å². The van der Waals surface area contributed by atoms with E-state index in [2.05, 4.69) is 22.9 Å². The van der Waals surface area contributed by atoms with Crippen LogP contribution in [0.3, 0.4) is 0 Å². The molecule has 0 saturated carbocycles. The number of phenolic OH excluding ortho intramolecular Hbond substituents is 1. The molecule has 1 aliphatic rings. The van der Waals surface area contributed by atoms with Crippen LogP contribution in [0, 0.1) is 5.92 Å². The molecule has 1 fully saturated rings. The molecule has 11 heteroatoms. The van der Waals surface area contributed by atoms with E-state index in [-0.39, 0.29) is 23.3 Å². The SMILES string of the molecule is CCCCCCCCNC(=O)Nc1ccc(S(=O)(=O)N2CCC(CNCC(O)COc3ccc(O)cc3)CC2)cc1. The number of unbranched alkanes of at least 4 members (excludes halogenated alkanes) is 5. The van der Waals surface area contributed by atoms with Gasteiger partial charge in [0.15, 0.2) is 0 Å². The number of sulfonamides is 1. The lowest BCUT2D eigenvalue weighted by atomic mass is 9.98. The first-order valence-corrected chi connectivity index (χ1v) is 16.2. The average molecular weight is 591 g/mol. The normalized spacial score (nSPS) is 15.4. The Bertz CT molecular complexity index is 1140. The van der Waals surface area contributed by atoms with Gasteiger partial charge in [-0.3, -0.25) is 0 Å². The predicted octanol–water partition coefficient (Wildman–Crippen LogP) is 4.30. The molecule has 0 radical (unpaired) electrons. The summed E-state index contributed by atoms with van der Waals surface area (Å²) in [5.41, 5.74) is 0.546. The third kappa shape index (κ3) is 11.5. The minimum Gasteiger partial charge on any atom is -0.508 e. The van der Waals surface area contributed by atoms with Gasteiger partial charge in [-0.2, -0.15) is 4.31 Å². The van der Waals surface area contributed by atoms with Gasteiger partial charge in [0.1, 0.15) is 24.2 Å². The quantitative estimate of drug-likeness (QED) is 0.173. The Morgan fingerprint density at radius 1 is 1.00 bits per heavy atom. The topological polar surface area (TPSA) is 140 Å². The molecule has 1 unspecified atom stereocenters. The molecule has 0 aliphatic carbocycles. The maximum absolute atomic E-state index is 13.2. The van der Waals surface area contributed by atoms with Gasteiger partial charge in [-0.05, 0) is 80.3 Å². The van der Waals surface area contributed by atoms with Gasteiger partial charge in [0.25, 0.3) is 0 Å². The van der Waals surface area contributed by atoms with Crippen LogP contribution in [0.25, 0.3) is 0 Å². The highest BCUT2D eigenvalue weighted by molar-refractivity contribution is 7.89. The number of hydrogen-bond donors (Lipinski definition) is 5. The Hall–Kier alpha value is -2.86. The van der Waals surface area contributed by atoms with Crippen LogP contribution >= 0.6 is 0 Å². The number of carbonyl (C=O) groups excluding carboxylic acids is 1. The number of aromatic hydroxyl groups is 1. The molecular formula is C30H46N4O6S. The summed E-state index contributed by atoms with van der Waals surface area (Å²) in [7, 11) is -3.62. The Kier molecular flexibility index (Phi) is 13.7. The number of anilines is 1. The highest BCUT2D eigenvalue weighted by Crippen LogP contribution is 2.24. The van der Waals surface area contributed by atoms with Crippen molar-refractivity contribution in [2.75, 3.05) is 44.6 Å². The van der Waals surface area contributed by atoms with Crippen molar-refractivity contribution in [2.45, 2.75) is 69.3 Å². The van der Waals surface area contributed by atoms with Crippen molar-refractivity contribution < 1.29 is 28.2 Å². The molecule has 2 aromatic carbocycles. The number of hydrogen-bond acceptors (Lipinski definition) is 7. The van der Waals surface area contributed by atoms with Gasteiger partial charge in [0.05, 0.1) is 4.90 Å². The third-order valence-electron chi connectivity index (χ3n) is 7.23. The van der Waals surface area contributed by atoms with E-state index in [0.717, 1.165) is 25.7 Å². The standard InChI is InChI=1S/C30H46N4O6S/c1-2-3-4-5-6-7-18-32-30(37)33-25-8-14-29(15-9-25)41(38,39)34-19-16-24(17-20-34)21-31-22-27(36)23-40-28-12-10-26(35)11-13-28/h8-15,24,27,31,35-36H,2-7,16-23H2,1H3,(H2,32,33,37). The van der Waals surface area contributed by atoms with E-state index in [9.17, 15) is 23.4 Å². The molecule has 41 heavy (non-hydrogen) atoms. The van der Waals surface area contributed by atoms with Gasteiger partial charge in [-0.15, -0.1) is 0 Å². The first kappa shape index (κ1) is 32.7. The van der Waals surface area contributed by atoms with Gasteiger partial charge in [-0.25, -0.2) is 13.2 Å². The zero-order valence-electron chi connectivity index (χ0n) is 24.1. The number of carbonyl (C=O) groups is 1. The fourth-order valence-corrected chi connectivity index (χ4v) is 6.21. The molecule has 0 spiro atoms. The maximum atomic E-state index is 13.2. The zero-order chi connectivity index (χ0) is 29.5. The summed E-state index contributed by atoms with van der Waals surface area (Å²) in [6.45, 7) is 4.86. The number of piperidine rings is 1. The molecule has 5 N–H and O–H groups in total. The fraction of sp³-hybridized carbons (Fsp3) is 0.567. The van der Waals surface area contributed by atoms with Crippen LogP contribution in [-0.4, -0.2) is 74.4 Å². The number of nitrogens with one attached hydrogen (secondary N) is 3. The Balaban J connectivity index is 1.32. The van der Waals surface area contributed by atoms with Crippen molar-refractivity contribution in [3.8, 4) is 11.5 Å². The molecule has 1 saturated heterocycles. The number of aliphatic hydroxyl groups excluding tert-OH is 1. The Labute approximate surface area is 244 Å². The lowest BCUT2D eigenvalue weighted by molar-refractivity contribution is 0.104.